The molecule has 1 aromatic heterocycles. The highest BCUT2D eigenvalue weighted by Gasteiger charge is 2.42. The van der Waals surface area contributed by atoms with Gasteiger partial charge in [-0.25, -0.2) is 0 Å². The van der Waals surface area contributed by atoms with Crippen molar-refractivity contribution in [2.75, 3.05) is 6.61 Å². The lowest BCUT2D eigenvalue weighted by Crippen LogP contribution is -2.29. The Hall–Kier alpha value is -3.57. The molecule has 36 heavy (non-hydrogen) atoms. The maximum absolute atomic E-state index is 13.6. The molecule has 5 rings (SSSR count). The van der Waals surface area contributed by atoms with Gasteiger partial charge in [0, 0.05) is 22.7 Å². The summed E-state index contributed by atoms with van der Waals surface area (Å²) in [6.07, 6.45) is 1.01. The Kier molecular flexibility index (Phi) is 6.84. The van der Waals surface area contributed by atoms with Crippen LogP contribution in [-0.4, -0.2) is 27.6 Å². The van der Waals surface area contributed by atoms with E-state index in [1.165, 1.54) is 5.56 Å². The van der Waals surface area contributed by atoms with Crippen LogP contribution < -0.4 is 4.74 Å². The van der Waals surface area contributed by atoms with Gasteiger partial charge in [0.05, 0.1) is 18.3 Å². The van der Waals surface area contributed by atoms with Gasteiger partial charge < -0.3 is 9.64 Å². The molecular weight excluding hydrogens is 470 g/mol. The predicted molar refractivity (Wildman–Crippen MR) is 143 cm³/mol. The number of aromatic amines is 1. The first-order chi connectivity index (χ1) is 17.4. The first kappa shape index (κ1) is 24.1. The third-order valence-corrected chi connectivity index (χ3v) is 6.87. The SMILES string of the molecule is Cc1ccc(CN2C(=O)c3[nH]nc(-c4ccc(Cl)cc4)c3C2c2ccc(OCCC(C)C)cc2)cc1. The van der Waals surface area contributed by atoms with Crippen LogP contribution in [0.3, 0.4) is 0 Å². The summed E-state index contributed by atoms with van der Waals surface area (Å²) in [5.41, 5.74) is 6.40. The zero-order chi connectivity index (χ0) is 25.2. The quantitative estimate of drug-likeness (QED) is 0.278. The van der Waals surface area contributed by atoms with Crippen molar-refractivity contribution in [3.05, 3.63) is 106 Å². The van der Waals surface area contributed by atoms with Crippen molar-refractivity contribution in [2.24, 2.45) is 5.92 Å². The van der Waals surface area contributed by atoms with Crippen molar-refractivity contribution in [3.63, 3.8) is 0 Å². The first-order valence-corrected chi connectivity index (χ1v) is 12.7. The van der Waals surface area contributed by atoms with Crippen LogP contribution in [0.2, 0.25) is 5.02 Å². The molecule has 1 N–H and O–H groups in total. The molecule has 184 valence electrons. The number of aryl methyl sites for hydroxylation is 1. The molecule has 1 aliphatic heterocycles. The Morgan fingerprint density at radius 3 is 2.36 bits per heavy atom. The van der Waals surface area contributed by atoms with Crippen LogP contribution in [-0.2, 0) is 6.54 Å². The van der Waals surface area contributed by atoms with Crippen LogP contribution in [0.25, 0.3) is 11.3 Å². The van der Waals surface area contributed by atoms with Gasteiger partial charge in [-0.3, -0.25) is 9.89 Å². The number of nitrogens with zero attached hydrogens (tertiary/aromatic N) is 2. The van der Waals surface area contributed by atoms with E-state index in [1.807, 2.05) is 41.3 Å². The average molecular weight is 500 g/mol. The number of aromatic nitrogens is 2. The van der Waals surface area contributed by atoms with Crippen molar-refractivity contribution in [1.29, 1.82) is 0 Å². The third kappa shape index (κ3) is 4.89. The molecule has 0 saturated heterocycles. The monoisotopic (exact) mass is 499 g/mol. The van der Waals surface area contributed by atoms with Gasteiger partial charge in [-0.2, -0.15) is 5.10 Å². The lowest BCUT2D eigenvalue weighted by Gasteiger charge is -2.27. The molecule has 0 saturated carbocycles. The Morgan fingerprint density at radius 1 is 1.00 bits per heavy atom. The molecule has 2 heterocycles. The Bertz CT molecular complexity index is 1340. The molecule has 1 aliphatic rings. The van der Waals surface area contributed by atoms with E-state index in [0.29, 0.717) is 29.8 Å². The maximum atomic E-state index is 13.6. The van der Waals surface area contributed by atoms with Crippen LogP contribution in [0.4, 0.5) is 0 Å². The van der Waals surface area contributed by atoms with E-state index < -0.39 is 0 Å². The van der Waals surface area contributed by atoms with Crippen molar-refractivity contribution in [1.82, 2.24) is 15.1 Å². The van der Waals surface area contributed by atoms with E-state index in [0.717, 1.165) is 40.1 Å². The number of carbonyl (C=O) groups excluding carboxylic acids is 1. The van der Waals surface area contributed by atoms with Gasteiger partial charge in [0.15, 0.2) is 0 Å². The van der Waals surface area contributed by atoms with Gasteiger partial charge >= 0.3 is 0 Å². The lowest BCUT2D eigenvalue weighted by molar-refractivity contribution is 0.0730. The highest BCUT2D eigenvalue weighted by Crippen LogP contribution is 2.43. The Labute approximate surface area is 217 Å². The fraction of sp³-hybridized carbons (Fsp3) is 0.267. The van der Waals surface area contributed by atoms with Crippen LogP contribution in [0.1, 0.15) is 59.1 Å². The van der Waals surface area contributed by atoms with Crippen LogP contribution in [0.15, 0.2) is 72.8 Å². The molecule has 1 unspecified atom stereocenters. The molecular formula is C30H30ClN3O2. The second-order valence-electron chi connectivity index (χ2n) is 9.79. The first-order valence-electron chi connectivity index (χ1n) is 12.3. The number of rotatable bonds is 8. The molecule has 1 atom stereocenters. The van der Waals surface area contributed by atoms with Crippen LogP contribution in [0.5, 0.6) is 5.75 Å². The summed E-state index contributed by atoms with van der Waals surface area (Å²) in [6, 6.07) is 23.7. The number of fused-ring (bicyclic) bond motifs is 1. The Balaban J connectivity index is 1.52. The van der Waals surface area contributed by atoms with Crippen molar-refractivity contribution in [3.8, 4) is 17.0 Å². The van der Waals surface area contributed by atoms with Gasteiger partial charge in [0.2, 0.25) is 0 Å². The second kappa shape index (κ2) is 10.2. The van der Waals surface area contributed by atoms with Crippen molar-refractivity contribution < 1.29 is 9.53 Å². The van der Waals surface area contributed by atoms with E-state index in [1.54, 1.807) is 0 Å². The van der Waals surface area contributed by atoms with Crippen LogP contribution >= 0.6 is 11.6 Å². The van der Waals surface area contributed by atoms with E-state index in [4.69, 9.17) is 16.3 Å². The topological polar surface area (TPSA) is 58.2 Å². The minimum Gasteiger partial charge on any atom is -0.494 e. The van der Waals surface area contributed by atoms with E-state index in [9.17, 15) is 4.79 Å². The number of ether oxygens (including phenoxy) is 1. The average Bonchev–Trinajstić information content (AvgIpc) is 3.40. The summed E-state index contributed by atoms with van der Waals surface area (Å²) in [6.45, 7) is 7.62. The zero-order valence-electron chi connectivity index (χ0n) is 20.8. The van der Waals surface area contributed by atoms with E-state index >= 15 is 0 Å². The third-order valence-electron chi connectivity index (χ3n) is 6.61. The zero-order valence-corrected chi connectivity index (χ0v) is 21.5. The van der Waals surface area contributed by atoms with Gasteiger partial charge in [-0.15, -0.1) is 0 Å². The summed E-state index contributed by atoms with van der Waals surface area (Å²) in [5, 5.41) is 8.24. The molecule has 0 aliphatic carbocycles. The lowest BCUT2D eigenvalue weighted by atomic mass is 9.96. The molecule has 0 bridgehead atoms. The largest absolute Gasteiger partial charge is 0.494 e. The highest BCUT2D eigenvalue weighted by molar-refractivity contribution is 6.30. The summed E-state index contributed by atoms with van der Waals surface area (Å²) in [5.74, 6) is 1.37. The number of benzene rings is 3. The van der Waals surface area contributed by atoms with E-state index in [2.05, 4.69) is 67.4 Å². The van der Waals surface area contributed by atoms with Crippen LogP contribution in [0, 0.1) is 12.8 Å². The number of carbonyl (C=O) groups is 1. The molecule has 0 spiro atoms. The minimum atomic E-state index is -0.275. The Morgan fingerprint density at radius 2 is 1.69 bits per heavy atom. The maximum Gasteiger partial charge on any atom is 0.273 e. The molecule has 3 aromatic carbocycles. The van der Waals surface area contributed by atoms with Gasteiger partial charge in [0.1, 0.15) is 11.4 Å². The fourth-order valence-electron chi connectivity index (χ4n) is 4.58. The highest BCUT2D eigenvalue weighted by atomic mass is 35.5. The number of halogens is 1. The van der Waals surface area contributed by atoms with Gasteiger partial charge in [-0.1, -0.05) is 79.5 Å². The minimum absolute atomic E-state index is 0.0550. The van der Waals surface area contributed by atoms with E-state index in [-0.39, 0.29) is 11.9 Å². The number of amides is 1. The van der Waals surface area contributed by atoms with Crippen molar-refractivity contribution in [2.45, 2.75) is 39.8 Å². The summed E-state index contributed by atoms with van der Waals surface area (Å²) >= 11 is 6.13. The summed E-state index contributed by atoms with van der Waals surface area (Å²) < 4.78 is 5.94. The van der Waals surface area contributed by atoms with Gasteiger partial charge in [0.25, 0.3) is 5.91 Å². The number of hydrogen-bond donors (Lipinski definition) is 1. The molecule has 6 heteroatoms. The van der Waals surface area contributed by atoms with Gasteiger partial charge in [-0.05, 0) is 54.7 Å². The fourth-order valence-corrected chi connectivity index (χ4v) is 4.71. The predicted octanol–water partition coefficient (Wildman–Crippen LogP) is 7.21. The smallest absolute Gasteiger partial charge is 0.273 e. The number of hydrogen-bond acceptors (Lipinski definition) is 3. The standard InChI is InChI=1S/C30H30ClN3O2/c1-19(2)16-17-36-25-14-10-23(11-15-25)29-26-27(22-8-12-24(31)13-9-22)32-33-28(26)30(35)34(29)18-21-6-4-20(3)5-7-21/h4-15,19,29H,16-18H2,1-3H3,(H,32,33). The normalized spacial score (nSPS) is 15.0. The molecule has 0 radical (unpaired) electrons. The summed E-state index contributed by atoms with van der Waals surface area (Å²) in [4.78, 5) is 15.5. The molecule has 5 nitrogen and oxygen atoms in total. The molecule has 4 aromatic rings. The summed E-state index contributed by atoms with van der Waals surface area (Å²) in [7, 11) is 0. The second-order valence-corrected chi connectivity index (χ2v) is 10.2. The number of nitrogens with one attached hydrogen (secondary N) is 1. The molecule has 0 fully saturated rings. The van der Waals surface area contributed by atoms with Crippen molar-refractivity contribution >= 4 is 17.5 Å². The number of H-pyrrole nitrogens is 1. The molecule has 1 amide bonds.